The Kier molecular flexibility index (Phi) is 4.71. The highest BCUT2D eigenvalue weighted by molar-refractivity contribution is 7.90. The SMILES string of the molecule is CS(=O)(=O)c1ccc(-n2c(=O)ccc3cnc4ccc(-c5ccc(C6(N)CC6)cc5)cc4c32)cc1. The maximum atomic E-state index is 13.1. The Balaban J connectivity index is 1.55. The summed E-state index contributed by atoms with van der Waals surface area (Å²) in [5, 5.41) is 1.65. The van der Waals surface area contributed by atoms with Crippen molar-refractivity contribution in [2.24, 2.45) is 5.73 Å². The maximum Gasteiger partial charge on any atom is 0.255 e. The van der Waals surface area contributed by atoms with E-state index in [1.54, 1.807) is 29.0 Å². The Labute approximate surface area is 202 Å². The van der Waals surface area contributed by atoms with Gasteiger partial charge in [-0.15, -0.1) is 0 Å². The molecule has 6 rings (SSSR count). The highest BCUT2D eigenvalue weighted by Crippen LogP contribution is 2.43. The number of hydrogen-bond acceptors (Lipinski definition) is 5. The van der Waals surface area contributed by atoms with Crippen LogP contribution in [0.25, 0.3) is 38.6 Å². The number of hydrogen-bond donors (Lipinski definition) is 1. The molecule has 5 aromatic rings. The molecular weight excluding hydrogens is 458 g/mol. The Morgan fingerprint density at radius 1 is 0.886 bits per heavy atom. The third-order valence-electron chi connectivity index (χ3n) is 6.82. The zero-order valence-corrected chi connectivity index (χ0v) is 19.9. The van der Waals surface area contributed by atoms with Gasteiger partial charge in [-0.25, -0.2) is 8.42 Å². The van der Waals surface area contributed by atoms with Crippen LogP contribution in [0.4, 0.5) is 0 Å². The van der Waals surface area contributed by atoms with E-state index in [0.717, 1.165) is 57.6 Å². The van der Waals surface area contributed by atoms with Crippen molar-refractivity contribution < 1.29 is 8.42 Å². The number of rotatable bonds is 4. The molecule has 6 nitrogen and oxygen atoms in total. The molecule has 0 atom stereocenters. The van der Waals surface area contributed by atoms with Crippen molar-refractivity contribution in [2.75, 3.05) is 6.26 Å². The van der Waals surface area contributed by atoms with E-state index in [2.05, 4.69) is 35.3 Å². The molecule has 0 aliphatic heterocycles. The quantitative estimate of drug-likeness (QED) is 0.380. The number of nitrogens with zero attached hydrogens (tertiary/aromatic N) is 2. The summed E-state index contributed by atoms with van der Waals surface area (Å²) in [6.45, 7) is 0. The van der Waals surface area contributed by atoms with Crippen LogP contribution in [0.15, 0.2) is 94.7 Å². The molecule has 0 saturated heterocycles. The van der Waals surface area contributed by atoms with Crippen LogP contribution >= 0.6 is 0 Å². The lowest BCUT2D eigenvalue weighted by Gasteiger charge is -2.14. The van der Waals surface area contributed by atoms with Crippen LogP contribution in [0.2, 0.25) is 0 Å². The Hall–Kier alpha value is -3.81. The average molecular weight is 482 g/mol. The highest BCUT2D eigenvalue weighted by Gasteiger charge is 2.39. The molecule has 0 unspecified atom stereocenters. The summed E-state index contributed by atoms with van der Waals surface area (Å²) in [6.07, 6.45) is 4.95. The fourth-order valence-electron chi connectivity index (χ4n) is 4.61. The van der Waals surface area contributed by atoms with E-state index in [4.69, 9.17) is 5.73 Å². The van der Waals surface area contributed by atoms with E-state index in [1.807, 2.05) is 12.1 Å². The molecule has 0 bridgehead atoms. The molecule has 1 aliphatic carbocycles. The first kappa shape index (κ1) is 21.7. The van der Waals surface area contributed by atoms with Gasteiger partial charge in [-0.3, -0.25) is 14.3 Å². The molecule has 174 valence electrons. The standard InChI is InChI=1S/C28H23N3O3S/c1-35(33,34)23-10-8-22(9-11-23)31-26(32)13-5-20-17-30-25-12-4-19(16-24(25)27(20)31)18-2-6-21(7-3-18)28(29)14-15-28/h2-13,16-17H,14-15,29H2,1H3. The van der Waals surface area contributed by atoms with E-state index in [-0.39, 0.29) is 16.0 Å². The van der Waals surface area contributed by atoms with Gasteiger partial charge in [-0.1, -0.05) is 30.3 Å². The van der Waals surface area contributed by atoms with Crippen LogP contribution in [0, 0.1) is 0 Å². The van der Waals surface area contributed by atoms with Gasteiger partial charge in [-0.05, 0) is 72.0 Å². The van der Waals surface area contributed by atoms with E-state index < -0.39 is 9.84 Å². The normalized spacial score (nSPS) is 14.9. The van der Waals surface area contributed by atoms with E-state index >= 15 is 0 Å². The fourth-order valence-corrected chi connectivity index (χ4v) is 5.24. The lowest BCUT2D eigenvalue weighted by Crippen LogP contribution is -2.18. The van der Waals surface area contributed by atoms with Crippen molar-refractivity contribution >= 4 is 31.6 Å². The zero-order chi connectivity index (χ0) is 24.4. The van der Waals surface area contributed by atoms with Crippen molar-refractivity contribution in [3.05, 3.63) is 101 Å². The minimum atomic E-state index is -3.34. The van der Waals surface area contributed by atoms with Gasteiger partial charge >= 0.3 is 0 Å². The summed E-state index contributed by atoms with van der Waals surface area (Å²) in [7, 11) is -3.34. The van der Waals surface area contributed by atoms with E-state index in [0.29, 0.717) is 5.69 Å². The van der Waals surface area contributed by atoms with Crippen molar-refractivity contribution in [3.8, 4) is 16.8 Å². The molecule has 0 radical (unpaired) electrons. The molecule has 1 saturated carbocycles. The topological polar surface area (TPSA) is 95.0 Å². The molecule has 2 heterocycles. The lowest BCUT2D eigenvalue weighted by atomic mass is 9.98. The predicted octanol–water partition coefficient (Wildman–Crippen LogP) is 4.56. The Bertz CT molecular complexity index is 1780. The third-order valence-corrected chi connectivity index (χ3v) is 7.95. The molecule has 2 aromatic heterocycles. The number of fused-ring (bicyclic) bond motifs is 3. The van der Waals surface area contributed by atoms with Gasteiger partial charge in [-0.2, -0.15) is 0 Å². The van der Waals surface area contributed by atoms with Crippen LogP contribution < -0.4 is 11.3 Å². The van der Waals surface area contributed by atoms with Crippen molar-refractivity contribution in [1.29, 1.82) is 0 Å². The zero-order valence-electron chi connectivity index (χ0n) is 19.1. The van der Waals surface area contributed by atoms with Gasteiger partial charge in [0.05, 0.1) is 15.9 Å². The first-order chi connectivity index (χ1) is 16.7. The van der Waals surface area contributed by atoms with Gasteiger partial charge in [0.25, 0.3) is 5.56 Å². The minimum absolute atomic E-state index is 0.176. The van der Waals surface area contributed by atoms with E-state index in [1.165, 1.54) is 18.2 Å². The number of pyridine rings is 2. The molecule has 35 heavy (non-hydrogen) atoms. The van der Waals surface area contributed by atoms with Gasteiger partial charge in [0, 0.05) is 40.5 Å². The maximum absolute atomic E-state index is 13.1. The Morgan fingerprint density at radius 2 is 1.57 bits per heavy atom. The lowest BCUT2D eigenvalue weighted by molar-refractivity contribution is 0.602. The summed E-state index contributed by atoms with van der Waals surface area (Å²) in [5.74, 6) is 0. The van der Waals surface area contributed by atoms with Gasteiger partial charge in [0.1, 0.15) is 0 Å². The van der Waals surface area contributed by atoms with Crippen molar-refractivity contribution in [2.45, 2.75) is 23.3 Å². The second-order valence-corrected chi connectivity index (χ2v) is 11.3. The summed E-state index contributed by atoms with van der Waals surface area (Å²) >= 11 is 0. The largest absolute Gasteiger partial charge is 0.321 e. The summed E-state index contributed by atoms with van der Waals surface area (Å²) in [6, 6.07) is 24.0. The number of benzene rings is 3. The number of sulfone groups is 1. The van der Waals surface area contributed by atoms with Gasteiger partial charge in [0.15, 0.2) is 9.84 Å². The second-order valence-electron chi connectivity index (χ2n) is 9.30. The Morgan fingerprint density at radius 3 is 2.23 bits per heavy atom. The molecule has 0 amide bonds. The summed E-state index contributed by atoms with van der Waals surface area (Å²) in [4.78, 5) is 17.9. The molecule has 1 aliphatic rings. The smallest absolute Gasteiger partial charge is 0.255 e. The van der Waals surface area contributed by atoms with E-state index in [9.17, 15) is 13.2 Å². The van der Waals surface area contributed by atoms with Crippen molar-refractivity contribution in [3.63, 3.8) is 0 Å². The van der Waals surface area contributed by atoms with Crippen LogP contribution in [0.5, 0.6) is 0 Å². The molecule has 0 spiro atoms. The predicted molar refractivity (Wildman–Crippen MR) is 138 cm³/mol. The van der Waals surface area contributed by atoms with Gasteiger partial charge < -0.3 is 5.73 Å². The molecular formula is C28H23N3O3S. The highest BCUT2D eigenvalue weighted by atomic mass is 32.2. The minimum Gasteiger partial charge on any atom is -0.321 e. The number of aromatic nitrogens is 2. The fraction of sp³-hybridized carbons (Fsp3) is 0.143. The van der Waals surface area contributed by atoms with Crippen LogP contribution in [0.3, 0.4) is 0 Å². The van der Waals surface area contributed by atoms with Crippen LogP contribution in [0.1, 0.15) is 18.4 Å². The summed E-state index contributed by atoms with van der Waals surface area (Å²) in [5.41, 5.74) is 11.3. The molecule has 7 heteroatoms. The monoisotopic (exact) mass is 481 g/mol. The number of nitrogens with two attached hydrogens (primary N) is 1. The first-order valence-corrected chi connectivity index (χ1v) is 13.3. The average Bonchev–Trinajstić information content (AvgIpc) is 3.61. The molecule has 2 N–H and O–H groups in total. The molecule has 3 aromatic carbocycles. The first-order valence-electron chi connectivity index (χ1n) is 11.4. The molecule has 1 fully saturated rings. The van der Waals surface area contributed by atoms with Gasteiger partial charge in [0.2, 0.25) is 0 Å². The van der Waals surface area contributed by atoms with Crippen molar-refractivity contribution in [1.82, 2.24) is 9.55 Å². The summed E-state index contributed by atoms with van der Waals surface area (Å²) < 4.78 is 25.4. The van der Waals surface area contributed by atoms with Crippen LogP contribution in [-0.2, 0) is 15.4 Å². The van der Waals surface area contributed by atoms with Crippen LogP contribution in [-0.4, -0.2) is 24.2 Å². The second kappa shape index (κ2) is 7.60. The third kappa shape index (κ3) is 3.73.